The summed E-state index contributed by atoms with van der Waals surface area (Å²) in [5.41, 5.74) is 0. The van der Waals surface area contributed by atoms with Crippen LogP contribution in [0.25, 0.3) is 0 Å². The first kappa shape index (κ1) is 14.8. The largest absolute Gasteiger partial charge is 0.356 e. The van der Waals surface area contributed by atoms with E-state index in [1.165, 1.54) is 38.1 Å². The summed E-state index contributed by atoms with van der Waals surface area (Å²) in [5, 5.41) is 3.69. The minimum absolute atomic E-state index is 0.0836. The van der Waals surface area contributed by atoms with E-state index in [0.717, 1.165) is 24.8 Å². The van der Waals surface area contributed by atoms with E-state index in [4.69, 9.17) is 0 Å². The van der Waals surface area contributed by atoms with Gasteiger partial charge in [0.25, 0.3) is 0 Å². The van der Waals surface area contributed by atoms with Crippen LogP contribution >= 0.6 is 11.8 Å². The lowest BCUT2D eigenvalue weighted by Gasteiger charge is -2.23. The van der Waals surface area contributed by atoms with Crippen LogP contribution in [0.4, 0.5) is 0 Å². The molecule has 0 unspecified atom stereocenters. The Balaban J connectivity index is 2.19. The standard InChI is InChI=1S/C13H26N2OS/c1-3-17-13-7-4-5-9-15(11-13)10-6-8-14-12(2)16/h13H,3-11H2,1-2H3,(H,14,16)/t13-/m1/s1. The molecule has 0 saturated carbocycles. The number of carbonyl (C=O) groups is 1. The van der Waals surface area contributed by atoms with Crippen molar-refractivity contribution in [2.24, 2.45) is 0 Å². The molecule has 0 bridgehead atoms. The lowest BCUT2D eigenvalue weighted by atomic mass is 10.2. The van der Waals surface area contributed by atoms with E-state index in [-0.39, 0.29) is 5.91 Å². The van der Waals surface area contributed by atoms with Crippen molar-refractivity contribution in [3.8, 4) is 0 Å². The Morgan fingerprint density at radius 3 is 3.00 bits per heavy atom. The lowest BCUT2D eigenvalue weighted by molar-refractivity contribution is -0.118. The lowest BCUT2D eigenvalue weighted by Crippen LogP contribution is -2.33. The van der Waals surface area contributed by atoms with E-state index in [0.29, 0.717) is 0 Å². The van der Waals surface area contributed by atoms with E-state index in [2.05, 4.69) is 28.9 Å². The minimum Gasteiger partial charge on any atom is -0.356 e. The van der Waals surface area contributed by atoms with Crippen molar-refractivity contribution in [3.05, 3.63) is 0 Å². The summed E-state index contributed by atoms with van der Waals surface area (Å²) in [6, 6.07) is 0. The molecule has 1 fully saturated rings. The monoisotopic (exact) mass is 258 g/mol. The van der Waals surface area contributed by atoms with Gasteiger partial charge in [0.2, 0.25) is 5.91 Å². The fourth-order valence-corrected chi connectivity index (χ4v) is 3.44. The van der Waals surface area contributed by atoms with Gasteiger partial charge in [0, 0.05) is 25.3 Å². The predicted octanol–water partition coefficient (Wildman–Crippen LogP) is 2.12. The zero-order chi connectivity index (χ0) is 12.5. The molecule has 0 aromatic heterocycles. The fourth-order valence-electron chi connectivity index (χ4n) is 2.32. The van der Waals surface area contributed by atoms with Crippen LogP contribution in [0.2, 0.25) is 0 Å². The van der Waals surface area contributed by atoms with Crippen molar-refractivity contribution in [1.82, 2.24) is 10.2 Å². The Hall–Kier alpha value is -0.220. The number of rotatable bonds is 6. The third kappa shape index (κ3) is 6.94. The van der Waals surface area contributed by atoms with Gasteiger partial charge in [-0.2, -0.15) is 11.8 Å². The molecule has 1 rings (SSSR count). The van der Waals surface area contributed by atoms with Gasteiger partial charge in [0.1, 0.15) is 0 Å². The quantitative estimate of drug-likeness (QED) is 0.741. The van der Waals surface area contributed by atoms with Gasteiger partial charge in [-0.25, -0.2) is 0 Å². The van der Waals surface area contributed by atoms with Crippen LogP contribution < -0.4 is 5.32 Å². The molecule has 0 radical (unpaired) electrons. The number of hydrogen-bond donors (Lipinski definition) is 1. The molecule has 3 nitrogen and oxygen atoms in total. The van der Waals surface area contributed by atoms with Gasteiger partial charge in [0.05, 0.1) is 0 Å². The molecule has 1 atom stereocenters. The van der Waals surface area contributed by atoms with Crippen molar-refractivity contribution < 1.29 is 4.79 Å². The Morgan fingerprint density at radius 2 is 2.29 bits per heavy atom. The molecular formula is C13H26N2OS. The van der Waals surface area contributed by atoms with Gasteiger partial charge in [-0.3, -0.25) is 4.79 Å². The summed E-state index contributed by atoms with van der Waals surface area (Å²) in [6.45, 7) is 8.24. The van der Waals surface area contributed by atoms with Crippen molar-refractivity contribution in [2.45, 2.75) is 44.8 Å². The highest BCUT2D eigenvalue weighted by Gasteiger charge is 2.17. The molecule has 1 heterocycles. The van der Waals surface area contributed by atoms with Gasteiger partial charge in [-0.1, -0.05) is 13.3 Å². The first-order valence-electron chi connectivity index (χ1n) is 6.80. The number of nitrogens with one attached hydrogen (secondary N) is 1. The second-order valence-electron chi connectivity index (χ2n) is 4.71. The van der Waals surface area contributed by atoms with E-state index in [1.54, 1.807) is 6.92 Å². The maximum Gasteiger partial charge on any atom is 0.216 e. The third-order valence-corrected chi connectivity index (χ3v) is 4.33. The number of thioether (sulfide) groups is 1. The fraction of sp³-hybridized carbons (Fsp3) is 0.923. The Kier molecular flexibility index (Phi) is 7.69. The molecule has 1 aliphatic rings. The zero-order valence-corrected chi connectivity index (χ0v) is 12.0. The maximum atomic E-state index is 10.8. The highest BCUT2D eigenvalue weighted by molar-refractivity contribution is 7.99. The highest BCUT2D eigenvalue weighted by atomic mass is 32.2. The van der Waals surface area contributed by atoms with E-state index < -0.39 is 0 Å². The highest BCUT2D eigenvalue weighted by Crippen LogP contribution is 2.21. The molecule has 0 aromatic rings. The molecule has 1 saturated heterocycles. The zero-order valence-electron chi connectivity index (χ0n) is 11.2. The molecule has 0 aromatic carbocycles. The number of carbonyl (C=O) groups excluding carboxylic acids is 1. The number of nitrogens with zero attached hydrogens (tertiary/aromatic N) is 1. The van der Waals surface area contributed by atoms with Crippen LogP contribution in [0.15, 0.2) is 0 Å². The molecule has 4 heteroatoms. The first-order chi connectivity index (χ1) is 8.22. The molecule has 1 aliphatic heterocycles. The van der Waals surface area contributed by atoms with Crippen LogP contribution in [0, 0.1) is 0 Å². The molecule has 0 spiro atoms. The van der Waals surface area contributed by atoms with Gasteiger partial charge >= 0.3 is 0 Å². The average Bonchev–Trinajstić information content (AvgIpc) is 2.50. The predicted molar refractivity (Wildman–Crippen MR) is 75.5 cm³/mol. The van der Waals surface area contributed by atoms with Gasteiger partial charge in [-0.05, 0) is 38.1 Å². The van der Waals surface area contributed by atoms with Gasteiger partial charge < -0.3 is 10.2 Å². The number of amides is 1. The Morgan fingerprint density at radius 1 is 1.47 bits per heavy atom. The van der Waals surface area contributed by atoms with Crippen LogP contribution in [0.1, 0.15) is 39.5 Å². The van der Waals surface area contributed by atoms with Gasteiger partial charge in [-0.15, -0.1) is 0 Å². The van der Waals surface area contributed by atoms with Crippen LogP contribution in [-0.4, -0.2) is 48.0 Å². The number of likely N-dealkylation sites (tertiary alicyclic amines) is 1. The normalized spacial score (nSPS) is 22.1. The number of hydrogen-bond acceptors (Lipinski definition) is 3. The molecule has 100 valence electrons. The molecule has 1 amide bonds. The second-order valence-corrected chi connectivity index (χ2v) is 6.29. The summed E-state index contributed by atoms with van der Waals surface area (Å²) in [7, 11) is 0. The summed E-state index contributed by atoms with van der Waals surface area (Å²) in [5.74, 6) is 1.31. The smallest absolute Gasteiger partial charge is 0.216 e. The second kappa shape index (κ2) is 8.81. The Bertz CT molecular complexity index is 223. The SMILES string of the molecule is CCS[C@@H]1CCCCN(CCCNC(C)=O)C1. The minimum atomic E-state index is 0.0836. The topological polar surface area (TPSA) is 32.3 Å². The summed E-state index contributed by atoms with van der Waals surface area (Å²) < 4.78 is 0. The van der Waals surface area contributed by atoms with Crippen molar-refractivity contribution in [3.63, 3.8) is 0 Å². The van der Waals surface area contributed by atoms with Crippen molar-refractivity contribution >= 4 is 17.7 Å². The summed E-state index contributed by atoms with van der Waals surface area (Å²) >= 11 is 2.10. The summed E-state index contributed by atoms with van der Waals surface area (Å²) in [4.78, 5) is 13.3. The van der Waals surface area contributed by atoms with Crippen molar-refractivity contribution in [1.29, 1.82) is 0 Å². The van der Waals surface area contributed by atoms with Crippen LogP contribution in [-0.2, 0) is 4.79 Å². The molecule has 1 N–H and O–H groups in total. The summed E-state index contributed by atoms with van der Waals surface area (Å²) in [6.07, 6.45) is 5.16. The molecule has 17 heavy (non-hydrogen) atoms. The molecular weight excluding hydrogens is 232 g/mol. The van der Waals surface area contributed by atoms with E-state index in [9.17, 15) is 4.79 Å². The van der Waals surface area contributed by atoms with Crippen molar-refractivity contribution in [2.75, 3.05) is 31.9 Å². The van der Waals surface area contributed by atoms with Crippen LogP contribution in [0.5, 0.6) is 0 Å². The van der Waals surface area contributed by atoms with Crippen LogP contribution in [0.3, 0.4) is 0 Å². The third-order valence-electron chi connectivity index (χ3n) is 3.14. The average molecular weight is 258 g/mol. The Labute approximate surface area is 110 Å². The van der Waals surface area contributed by atoms with Gasteiger partial charge in [0.15, 0.2) is 0 Å². The first-order valence-corrected chi connectivity index (χ1v) is 7.85. The maximum absolute atomic E-state index is 10.8. The molecule has 0 aliphatic carbocycles. The van der Waals surface area contributed by atoms with E-state index in [1.807, 2.05) is 0 Å². The van der Waals surface area contributed by atoms with E-state index >= 15 is 0 Å².